The van der Waals surface area contributed by atoms with Crippen molar-refractivity contribution in [1.29, 1.82) is 0 Å². The molecule has 0 aliphatic heterocycles. The molecule has 0 unspecified atom stereocenters. The summed E-state index contributed by atoms with van der Waals surface area (Å²) in [6, 6.07) is 14.9. The molecule has 0 spiro atoms. The van der Waals surface area contributed by atoms with Crippen LogP contribution in [0.2, 0.25) is 5.02 Å². The molecule has 0 aliphatic rings. The molecule has 2 aromatic heterocycles. The number of aromatic nitrogens is 4. The zero-order valence-electron chi connectivity index (χ0n) is 15.9. The molecule has 0 saturated carbocycles. The van der Waals surface area contributed by atoms with Gasteiger partial charge in [0.1, 0.15) is 0 Å². The molecule has 2 aromatic carbocycles. The monoisotopic (exact) mass is 407 g/mol. The van der Waals surface area contributed by atoms with Crippen LogP contribution in [0.15, 0.2) is 59.3 Å². The first-order valence-electron chi connectivity index (χ1n) is 8.99. The van der Waals surface area contributed by atoms with Crippen LogP contribution in [0.4, 0.5) is 0 Å². The van der Waals surface area contributed by atoms with Crippen LogP contribution in [-0.2, 0) is 6.54 Å². The molecule has 7 nitrogen and oxygen atoms in total. The highest BCUT2D eigenvalue weighted by Crippen LogP contribution is 2.19. The number of hydrogen-bond acceptors (Lipinski definition) is 5. The first kappa shape index (κ1) is 18.9. The zero-order valence-corrected chi connectivity index (χ0v) is 16.6. The average molecular weight is 408 g/mol. The number of aryl methyl sites for hydroxylation is 2. The van der Waals surface area contributed by atoms with Gasteiger partial charge in [-0.1, -0.05) is 28.9 Å². The lowest BCUT2D eigenvalue weighted by Gasteiger charge is -2.04. The van der Waals surface area contributed by atoms with E-state index in [0.717, 1.165) is 16.8 Å². The van der Waals surface area contributed by atoms with Crippen molar-refractivity contribution in [3.63, 3.8) is 0 Å². The Morgan fingerprint density at radius 1 is 1.10 bits per heavy atom. The molecule has 4 aromatic rings. The zero-order chi connectivity index (χ0) is 20.4. The highest BCUT2D eigenvalue weighted by molar-refractivity contribution is 6.30. The fourth-order valence-electron chi connectivity index (χ4n) is 2.87. The van der Waals surface area contributed by atoms with E-state index < -0.39 is 0 Å². The van der Waals surface area contributed by atoms with Crippen LogP contribution in [0.5, 0.6) is 0 Å². The van der Waals surface area contributed by atoms with E-state index in [9.17, 15) is 4.79 Å². The van der Waals surface area contributed by atoms with E-state index in [0.29, 0.717) is 34.5 Å². The number of amides is 1. The largest absolute Gasteiger partial charge is 0.348 e. The molecule has 0 fully saturated rings. The molecule has 8 heteroatoms. The summed E-state index contributed by atoms with van der Waals surface area (Å²) in [7, 11) is 0. The summed E-state index contributed by atoms with van der Waals surface area (Å²) < 4.78 is 6.69. The molecule has 29 heavy (non-hydrogen) atoms. The summed E-state index contributed by atoms with van der Waals surface area (Å²) in [5.74, 6) is 0.872. The fraction of sp³-hybridized carbons (Fsp3) is 0.143. The Hall–Kier alpha value is -3.45. The molecule has 1 N–H and O–H groups in total. The quantitative estimate of drug-likeness (QED) is 0.537. The number of carbonyl (C=O) groups is 1. The molecular weight excluding hydrogens is 390 g/mol. The second-order valence-corrected chi connectivity index (χ2v) is 7.00. The lowest BCUT2D eigenvalue weighted by molar-refractivity contribution is 0.0950. The summed E-state index contributed by atoms with van der Waals surface area (Å²) >= 11 is 5.89. The first-order valence-corrected chi connectivity index (χ1v) is 9.37. The van der Waals surface area contributed by atoms with Crippen molar-refractivity contribution in [2.75, 3.05) is 0 Å². The van der Waals surface area contributed by atoms with Crippen LogP contribution >= 0.6 is 11.6 Å². The van der Waals surface area contributed by atoms with Gasteiger partial charge in [0, 0.05) is 30.3 Å². The number of carbonyl (C=O) groups excluding carboxylic acids is 1. The maximum absolute atomic E-state index is 12.6. The van der Waals surface area contributed by atoms with Gasteiger partial charge in [0.15, 0.2) is 0 Å². The van der Waals surface area contributed by atoms with E-state index in [4.69, 9.17) is 16.1 Å². The van der Waals surface area contributed by atoms with Crippen molar-refractivity contribution in [1.82, 2.24) is 25.2 Å². The topological polar surface area (TPSA) is 85.8 Å². The van der Waals surface area contributed by atoms with E-state index in [1.54, 1.807) is 29.9 Å². The SMILES string of the molecule is Cc1nc(-c2ccc(-n3cc(C(=O)NCc4ccc(Cl)cc4)c(C)n3)cc2)no1. The Labute approximate surface area is 172 Å². The van der Waals surface area contributed by atoms with Gasteiger partial charge in [-0.15, -0.1) is 0 Å². The lowest BCUT2D eigenvalue weighted by Crippen LogP contribution is -2.23. The molecule has 0 radical (unpaired) electrons. The lowest BCUT2D eigenvalue weighted by atomic mass is 10.2. The number of nitrogens with one attached hydrogen (secondary N) is 1. The summed E-state index contributed by atoms with van der Waals surface area (Å²) in [6.07, 6.45) is 1.72. The van der Waals surface area contributed by atoms with Crippen molar-refractivity contribution in [2.24, 2.45) is 0 Å². The van der Waals surface area contributed by atoms with Crippen LogP contribution in [-0.4, -0.2) is 25.8 Å². The van der Waals surface area contributed by atoms with Gasteiger partial charge in [0.25, 0.3) is 5.91 Å². The minimum Gasteiger partial charge on any atom is -0.348 e. The van der Waals surface area contributed by atoms with Crippen LogP contribution in [0.25, 0.3) is 17.1 Å². The van der Waals surface area contributed by atoms with E-state index in [1.165, 1.54) is 0 Å². The Morgan fingerprint density at radius 3 is 2.48 bits per heavy atom. The predicted octanol–water partition coefficient (Wildman–Crippen LogP) is 4.12. The maximum atomic E-state index is 12.6. The van der Waals surface area contributed by atoms with Crippen LogP contribution in [0.1, 0.15) is 27.5 Å². The van der Waals surface area contributed by atoms with Gasteiger partial charge in [-0.2, -0.15) is 10.1 Å². The standard InChI is InChI=1S/C21H18ClN5O2/c1-13-19(21(28)23-11-15-3-7-17(22)8-4-15)12-27(25-13)18-9-5-16(6-10-18)20-24-14(2)29-26-20/h3-10,12H,11H2,1-2H3,(H,23,28). The normalized spacial score (nSPS) is 10.9. The van der Waals surface area contributed by atoms with Gasteiger partial charge < -0.3 is 9.84 Å². The van der Waals surface area contributed by atoms with Gasteiger partial charge in [0.2, 0.25) is 11.7 Å². The Bertz CT molecular complexity index is 1150. The molecular formula is C21H18ClN5O2. The highest BCUT2D eigenvalue weighted by atomic mass is 35.5. The van der Waals surface area contributed by atoms with Gasteiger partial charge >= 0.3 is 0 Å². The van der Waals surface area contributed by atoms with E-state index in [2.05, 4.69) is 20.6 Å². The second kappa shape index (κ2) is 7.89. The predicted molar refractivity (Wildman–Crippen MR) is 109 cm³/mol. The fourth-order valence-corrected chi connectivity index (χ4v) is 3.00. The molecule has 0 saturated heterocycles. The van der Waals surface area contributed by atoms with Crippen LogP contribution < -0.4 is 5.32 Å². The summed E-state index contributed by atoms with van der Waals surface area (Å²) in [5, 5.41) is 12.0. The third-order valence-corrected chi connectivity index (χ3v) is 4.68. The van der Waals surface area contributed by atoms with Crippen molar-refractivity contribution < 1.29 is 9.32 Å². The van der Waals surface area contributed by atoms with Gasteiger partial charge in [-0.05, 0) is 48.9 Å². The smallest absolute Gasteiger partial charge is 0.255 e. The Kier molecular flexibility index (Phi) is 5.14. The van der Waals surface area contributed by atoms with Gasteiger partial charge in [-0.25, -0.2) is 4.68 Å². The Morgan fingerprint density at radius 2 is 1.83 bits per heavy atom. The van der Waals surface area contributed by atoms with E-state index in [1.807, 2.05) is 43.3 Å². The van der Waals surface area contributed by atoms with Gasteiger partial charge in [-0.3, -0.25) is 4.79 Å². The molecule has 4 rings (SSSR count). The second-order valence-electron chi connectivity index (χ2n) is 6.57. The third-order valence-electron chi connectivity index (χ3n) is 4.43. The van der Waals surface area contributed by atoms with Gasteiger partial charge in [0.05, 0.1) is 16.9 Å². The van der Waals surface area contributed by atoms with Crippen molar-refractivity contribution in [3.8, 4) is 17.1 Å². The summed E-state index contributed by atoms with van der Waals surface area (Å²) in [6.45, 7) is 3.97. The number of rotatable bonds is 5. The third kappa shape index (κ3) is 4.20. The van der Waals surface area contributed by atoms with E-state index in [-0.39, 0.29) is 5.91 Å². The number of benzene rings is 2. The first-order chi connectivity index (χ1) is 14.0. The molecule has 0 atom stereocenters. The average Bonchev–Trinajstić information content (AvgIpc) is 3.33. The highest BCUT2D eigenvalue weighted by Gasteiger charge is 2.14. The molecule has 146 valence electrons. The van der Waals surface area contributed by atoms with Crippen LogP contribution in [0, 0.1) is 13.8 Å². The minimum atomic E-state index is -0.178. The molecule has 1 amide bonds. The summed E-state index contributed by atoms with van der Waals surface area (Å²) in [5.41, 5.74) is 3.82. The molecule has 0 bridgehead atoms. The van der Waals surface area contributed by atoms with Crippen molar-refractivity contribution >= 4 is 17.5 Å². The maximum Gasteiger partial charge on any atom is 0.255 e. The molecule has 0 aliphatic carbocycles. The van der Waals surface area contributed by atoms with Crippen molar-refractivity contribution in [2.45, 2.75) is 20.4 Å². The number of halogens is 1. The van der Waals surface area contributed by atoms with Crippen molar-refractivity contribution in [3.05, 3.63) is 82.5 Å². The van der Waals surface area contributed by atoms with E-state index >= 15 is 0 Å². The Balaban J connectivity index is 1.48. The number of nitrogens with zero attached hydrogens (tertiary/aromatic N) is 4. The minimum absolute atomic E-state index is 0.178. The summed E-state index contributed by atoms with van der Waals surface area (Å²) in [4.78, 5) is 16.8. The molecule has 2 heterocycles. The van der Waals surface area contributed by atoms with Crippen LogP contribution in [0.3, 0.4) is 0 Å². The number of hydrogen-bond donors (Lipinski definition) is 1.